The van der Waals surface area contributed by atoms with Crippen LogP contribution < -0.4 is 0 Å². The van der Waals surface area contributed by atoms with Gasteiger partial charge in [-0.05, 0) is 70.7 Å². The Morgan fingerprint density at radius 2 is 1.30 bits per heavy atom. The zero-order valence-electron chi connectivity index (χ0n) is 18.3. The number of ether oxygens (including phenoxy) is 1. The molecule has 0 unspecified atom stereocenters. The van der Waals surface area contributed by atoms with Gasteiger partial charge in [-0.25, -0.2) is 0 Å². The Kier molecular flexibility index (Phi) is 7.19. The third-order valence-electron chi connectivity index (χ3n) is 5.08. The molecule has 5 heteroatoms. The number of hydrogen-bond acceptors (Lipinski definition) is 4. The highest BCUT2D eigenvalue weighted by Gasteiger charge is 2.30. The summed E-state index contributed by atoms with van der Waals surface area (Å²) in [6, 6.07) is 14.3. The minimum Gasteiger partial charge on any atom is -0.481 e. The fraction of sp³-hybridized carbons (Fsp3) is 0.400. The zero-order valence-corrected chi connectivity index (χ0v) is 18.3. The van der Waals surface area contributed by atoms with Crippen LogP contribution >= 0.6 is 0 Å². The first kappa shape index (κ1) is 23.3. The molecule has 0 heterocycles. The third-order valence-corrected chi connectivity index (χ3v) is 5.08. The predicted octanol–water partition coefficient (Wildman–Crippen LogP) is 4.70. The molecule has 2 rings (SSSR count). The lowest BCUT2D eigenvalue weighted by Gasteiger charge is -2.22. The molecule has 2 aromatic carbocycles. The van der Waals surface area contributed by atoms with Crippen molar-refractivity contribution in [3.8, 4) is 0 Å². The molecule has 160 valence electrons. The number of esters is 1. The maximum absolute atomic E-state index is 13.0. The van der Waals surface area contributed by atoms with Crippen molar-refractivity contribution in [2.24, 2.45) is 10.8 Å². The van der Waals surface area contributed by atoms with E-state index in [1.54, 1.807) is 57.2 Å². The molecule has 2 aromatic rings. The van der Waals surface area contributed by atoms with Crippen molar-refractivity contribution < 1.29 is 24.2 Å². The molecule has 1 N–H and O–H groups in total. The Balaban J connectivity index is 2.24. The van der Waals surface area contributed by atoms with E-state index in [1.165, 1.54) is 0 Å². The number of aliphatic carboxylic acids is 1. The van der Waals surface area contributed by atoms with Gasteiger partial charge in [-0.2, -0.15) is 0 Å². The Hall–Kier alpha value is -2.95. The van der Waals surface area contributed by atoms with Gasteiger partial charge in [-0.15, -0.1) is 0 Å². The average molecular weight is 411 g/mol. The number of ketones is 1. The summed E-state index contributed by atoms with van der Waals surface area (Å²) in [5.41, 5.74) is 1.10. The minimum absolute atomic E-state index is 0.138. The Morgan fingerprint density at radius 3 is 1.73 bits per heavy atom. The number of carboxylic acids is 1. The van der Waals surface area contributed by atoms with Crippen molar-refractivity contribution in [1.29, 1.82) is 0 Å². The molecule has 0 radical (unpaired) electrons. The molecule has 0 atom stereocenters. The van der Waals surface area contributed by atoms with Gasteiger partial charge in [-0.3, -0.25) is 14.4 Å². The minimum atomic E-state index is -0.916. The second-order valence-electron chi connectivity index (χ2n) is 8.88. The number of carbonyl (C=O) groups is 3. The fourth-order valence-corrected chi connectivity index (χ4v) is 3.31. The highest BCUT2D eigenvalue weighted by atomic mass is 16.5. The highest BCUT2D eigenvalue weighted by Crippen LogP contribution is 2.26. The van der Waals surface area contributed by atoms with Crippen LogP contribution in [0.3, 0.4) is 0 Å². The molecule has 0 aromatic heterocycles. The van der Waals surface area contributed by atoms with Crippen LogP contribution in [0.15, 0.2) is 48.5 Å². The largest absolute Gasteiger partial charge is 0.481 e. The molecule has 0 bridgehead atoms. The summed E-state index contributed by atoms with van der Waals surface area (Å²) in [5.74, 6) is -1.28. The fourth-order valence-electron chi connectivity index (χ4n) is 3.31. The van der Waals surface area contributed by atoms with Crippen LogP contribution in [0, 0.1) is 10.8 Å². The van der Waals surface area contributed by atoms with E-state index < -0.39 is 16.8 Å². The first-order chi connectivity index (χ1) is 14.0. The Bertz CT molecular complexity index is 940. The lowest BCUT2D eigenvalue weighted by atomic mass is 9.84. The molecule has 0 saturated heterocycles. The highest BCUT2D eigenvalue weighted by molar-refractivity contribution is 6.09. The first-order valence-corrected chi connectivity index (χ1v) is 10.1. The van der Waals surface area contributed by atoms with E-state index >= 15 is 0 Å². The number of carboxylic acid groups (broad SMARTS) is 1. The second-order valence-corrected chi connectivity index (χ2v) is 8.88. The third kappa shape index (κ3) is 5.78. The van der Waals surface area contributed by atoms with Crippen molar-refractivity contribution >= 4 is 17.7 Å². The molecule has 0 saturated carbocycles. The second kappa shape index (κ2) is 9.24. The molecule has 0 fully saturated rings. The van der Waals surface area contributed by atoms with Crippen LogP contribution in [0.2, 0.25) is 0 Å². The van der Waals surface area contributed by atoms with Crippen LogP contribution in [0.5, 0.6) is 0 Å². The summed E-state index contributed by atoms with van der Waals surface area (Å²) >= 11 is 0. The van der Waals surface area contributed by atoms with Crippen molar-refractivity contribution in [3.63, 3.8) is 0 Å². The van der Waals surface area contributed by atoms with E-state index in [0.717, 1.165) is 11.1 Å². The predicted molar refractivity (Wildman–Crippen MR) is 116 cm³/mol. The number of benzene rings is 2. The smallest absolute Gasteiger partial charge is 0.311 e. The van der Waals surface area contributed by atoms with E-state index in [1.807, 2.05) is 26.0 Å². The van der Waals surface area contributed by atoms with Crippen molar-refractivity contribution in [1.82, 2.24) is 0 Å². The van der Waals surface area contributed by atoms with Gasteiger partial charge < -0.3 is 9.84 Å². The average Bonchev–Trinajstić information content (AvgIpc) is 2.67. The monoisotopic (exact) mass is 410 g/mol. The molecule has 0 amide bonds. The van der Waals surface area contributed by atoms with Crippen molar-refractivity contribution in [2.75, 3.05) is 6.61 Å². The SMILES string of the molecule is CCOC(=O)C(C)(C)Cc1cccc(C(=O)c2cccc(CC(C)(C)C(=O)O)c2)c1. The topological polar surface area (TPSA) is 80.7 Å². The van der Waals surface area contributed by atoms with Gasteiger partial charge in [0, 0.05) is 11.1 Å². The summed E-state index contributed by atoms with van der Waals surface area (Å²) in [5, 5.41) is 9.36. The first-order valence-electron chi connectivity index (χ1n) is 10.1. The summed E-state index contributed by atoms with van der Waals surface area (Å²) in [7, 11) is 0. The Labute approximate surface area is 178 Å². The Morgan fingerprint density at radius 1 is 0.833 bits per heavy atom. The molecule has 0 aliphatic rings. The standard InChI is InChI=1S/C25H30O5/c1-6-30-23(29)25(4,5)16-18-10-8-12-20(14-18)21(26)19-11-7-9-17(13-19)15-24(2,3)22(27)28/h7-14H,6,15-16H2,1-5H3,(H,27,28). The van der Waals surface area contributed by atoms with Gasteiger partial charge in [-0.1, -0.05) is 36.4 Å². The number of carbonyl (C=O) groups excluding carboxylic acids is 2. The summed E-state index contributed by atoms with van der Waals surface area (Å²) in [6.07, 6.45) is 0.789. The van der Waals surface area contributed by atoms with Gasteiger partial charge in [0.05, 0.1) is 17.4 Å². The quantitative estimate of drug-likeness (QED) is 0.479. The van der Waals surface area contributed by atoms with Gasteiger partial charge in [0.2, 0.25) is 0 Å². The van der Waals surface area contributed by atoms with Gasteiger partial charge in [0.1, 0.15) is 0 Å². The summed E-state index contributed by atoms with van der Waals surface area (Å²) < 4.78 is 5.15. The molecule has 0 aliphatic heterocycles. The van der Waals surface area contributed by atoms with Gasteiger partial charge in [0.25, 0.3) is 0 Å². The molecular weight excluding hydrogens is 380 g/mol. The van der Waals surface area contributed by atoms with Crippen LogP contribution in [0.4, 0.5) is 0 Å². The summed E-state index contributed by atoms with van der Waals surface area (Å²) in [6.45, 7) is 9.09. The molecular formula is C25H30O5. The molecule has 5 nitrogen and oxygen atoms in total. The van der Waals surface area contributed by atoms with E-state index in [2.05, 4.69) is 0 Å². The van der Waals surface area contributed by atoms with E-state index in [0.29, 0.717) is 30.6 Å². The lowest BCUT2D eigenvalue weighted by Crippen LogP contribution is -2.29. The van der Waals surface area contributed by atoms with Crippen molar-refractivity contribution in [3.05, 3.63) is 70.8 Å². The normalized spacial score (nSPS) is 11.8. The maximum Gasteiger partial charge on any atom is 0.311 e. The maximum atomic E-state index is 13.0. The van der Waals surface area contributed by atoms with E-state index in [9.17, 15) is 19.5 Å². The molecule has 30 heavy (non-hydrogen) atoms. The molecule has 0 spiro atoms. The van der Waals surface area contributed by atoms with E-state index in [-0.39, 0.29) is 11.8 Å². The van der Waals surface area contributed by atoms with Crippen LogP contribution in [-0.2, 0) is 27.2 Å². The number of hydrogen-bond donors (Lipinski definition) is 1. The van der Waals surface area contributed by atoms with Crippen LogP contribution in [-0.4, -0.2) is 29.4 Å². The van der Waals surface area contributed by atoms with Gasteiger partial charge in [0.15, 0.2) is 5.78 Å². The van der Waals surface area contributed by atoms with E-state index in [4.69, 9.17) is 4.74 Å². The lowest BCUT2D eigenvalue weighted by molar-refractivity contribution is -0.153. The van der Waals surface area contributed by atoms with Crippen LogP contribution in [0.25, 0.3) is 0 Å². The zero-order chi connectivity index (χ0) is 22.5. The summed E-state index contributed by atoms with van der Waals surface area (Å²) in [4.78, 5) is 36.6. The number of rotatable bonds is 9. The van der Waals surface area contributed by atoms with Crippen molar-refractivity contribution in [2.45, 2.75) is 47.5 Å². The van der Waals surface area contributed by atoms with Gasteiger partial charge >= 0.3 is 11.9 Å². The molecule has 0 aliphatic carbocycles. The van der Waals surface area contributed by atoms with Crippen LogP contribution in [0.1, 0.15) is 61.7 Å².